The van der Waals surface area contributed by atoms with Crippen molar-refractivity contribution < 1.29 is 14.1 Å². The van der Waals surface area contributed by atoms with Gasteiger partial charge in [0.2, 0.25) is 5.91 Å². The van der Waals surface area contributed by atoms with Gasteiger partial charge in [-0.15, -0.1) is 11.8 Å². The lowest BCUT2D eigenvalue weighted by atomic mass is 10.3. The SMILES string of the molecule is N#CCCN(Cc1ccco1)C(=O)CSc1ccc([N+](=O)[O-])cc1. The number of nitrogens with zero attached hydrogens (tertiary/aromatic N) is 3. The molecule has 8 heteroatoms. The number of nitriles is 1. The molecule has 1 aromatic heterocycles. The van der Waals surface area contributed by atoms with Gasteiger partial charge in [-0.1, -0.05) is 0 Å². The van der Waals surface area contributed by atoms with Crippen molar-refractivity contribution in [2.75, 3.05) is 12.3 Å². The van der Waals surface area contributed by atoms with E-state index in [9.17, 15) is 14.9 Å². The van der Waals surface area contributed by atoms with Crippen LogP contribution in [0.3, 0.4) is 0 Å². The Morgan fingerprint density at radius 3 is 2.67 bits per heavy atom. The Kier molecular flexibility index (Phi) is 6.40. The van der Waals surface area contributed by atoms with E-state index in [0.29, 0.717) is 18.8 Å². The zero-order valence-electron chi connectivity index (χ0n) is 12.8. The van der Waals surface area contributed by atoms with Gasteiger partial charge in [-0.2, -0.15) is 5.26 Å². The molecule has 1 aromatic carbocycles. The molecule has 0 radical (unpaired) electrons. The molecule has 2 aromatic rings. The van der Waals surface area contributed by atoms with E-state index in [1.54, 1.807) is 29.2 Å². The van der Waals surface area contributed by atoms with Crippen LogP contribution in [-0.4, -0.2) is 28.0 Å². The highest BCUT2D eigenvalue weighted by Gasteiger charge is 2.15. The second-order valence-electron chi connectivity index (χ2n) is 4.84. The molecule has 1 amide bonds. The Balaban J connectivity index is 1.93. The van der Waals surface area contributed by atoms with Crippen molar-refractivity contribution in [2.24, 2.45) is 0 Å². The first-order valence-electron chi connectivity index (χ1n) is 7.14. The number of nitro benzene ring substituents is 1. The van der Waals surface area contributed by atoms with Crippen LogP contribution < -0.4 is 0 Å². The molecule has 1 heterocycles. The van der Waals surface area contributed by atoms with Gasteiger partial charge in [0.15, 0.2) is 0 Å². The Labute approximate surface area is 143 Å². The molecule has 0 spiro atoms. The Hall–Kier alpha value is -2.79. The van der Waals surface area contributed by atoms with Gasteiger partial charge in [0.25, 0.3) is 5.69 Å². The normalized spacial score (nSPS) is 10.1. The first kappa shape index (κ1) is 17.6. The van der Waals surface area contributed by atoms with Gasteiger partial charge in [0, 0.05) is 23.6 Å². The predicted octanol–water partition coefficient (Wildman–Crippen LogP) is 3.22. The smallest absolute Gasteiger partial charge is 0.269 e. The molecule has 124 valence electrons. The highest BCUT2D eigenvalue weighted by Crippen LogP contribution is 2.22. The number of hydrogen-bond acceptors (Lipinski definition) is 6. The average Bonchev–Trinajstić information content (AvgIpc) is 3.10. The summed E-state index contributed by atoms with van der Waals surface area (Å²) in [4.78, 5) is 24.9. The number of carbonyl (C=O) groups is 1. The van der Waals surface area contributed by atoms with Crippen LogP contribution in [0.15, 0.2) is 52.0 Å². The fourth-order valence-corrected chi connectivity index (χ4v) is 2.77. The van der Waals surface area contributed by atoms with E-state index in [2.05, 4.69) is 0 Å². The number of benzene rings is 1. The van der Waals surface area contributed by atoms with Crippen molar-refractivity contribution in [1.29, 1.82) is 5.26 Å². The summed E-state index contributed by atoms with van der Waals surface area (Å²) >= 11 is 1.30. The van der Waals surface area contributed by atoms with Crippen LogP contribution in [0.4, 0.5) is 5.69 Å². The Bertz CT molecular complexity index is 723. The zero-order chi connectivity index (χ0) is 17.4. The molecular weight excluding hydrogens is 330 g/mol. The minimum atomic E-state index is -0.466. The number of amides is 1. The third-order valence-electron chi connectivity index (χ3n) is 3.18. The summed E-state index contributed by atoms with van der Waals surface area (Å²) in [6.45, 7) is 0.644. The summed E-state index contributed by atoms with van der Waals surface area (Å²) in [6.07, 6.45) is 1.78. The fourth-order valence-electron chi connectivity index (χ4n) is 1.97. The second-order valence-corrected chi connectivity index (χ2v) is 5.89. The van der Waals surface area contributed by atoms with Crippen molar-refractivity contribution in [2.45, 2.75) is 17.9 Å². The maximum absolute atomic E-state index is 12.4. The van der Waals surface area contributed by atoms with E-state index in [4.69, 9.17) is 9.68 Å². The summed E-state index contributed by atoms with van der Waals surface area (Å²) in [5.74, 6) is 0.718. The molecule has 0 saturated carbocycles. The van der Waals surface area contributed by atoms with Crippen molar-refractivity contribution in [3.63, 3.8) is 0 Å². The molecule has 0 aliphatic rings. The van der Waals surface area contributed by atoms with Crippen molar-refractivity contribution in [1.82, 2.24) is 4.90 Å². The van der Waals surface area contributed by atoms with Gasteiger partial charge >= 0.3 is 0 Å². The summed E-state index contributed by atoms with van der Waals surface area (Å²) in [5, 5.41) is 19.4. The van der Waals surface area contributed by atoms with Crippen molar-refractivity contribution >= 4 is 23.4 Å². The maximum Gasteiger partial charge on any atom is 0.269 e. The van der Waals surface area contributed by atoms with Crippen molar-refractivity contribution in [3.8, 4) is 6.07 Å². The number of hydrogen-bond donors (Lipinski definition) is 0. The van der Waals surface area contributed by atoms with Crippen LogP contribution in [0.2, 0.25) is 0 Å². The van der Waals surface area contributed by atoms with Gasteiger partial charge in [-0.05, 0) is 24.3 Å². The van der Waals surface area contributed by atoms with Crippen LogP contribution in [0.25, 0.3) is 0 Å². The maximum atomic E-state index is 12.4. The summed E-state index contributed by atoms with van der Waals surface area (Å²) in [7, 11) is 0. The minimum absolute atomic E-state index is 0.0131. The van der Waals surface area contributed by atoms with Crippen molar-refractivity contribution in [3.05, 3.63) is 58.5 Å². The molecule has 0 unspecified atom stereocenters. The summed E-state index contributed by atoms with van der Waals surface area (Å²) in [5.41, 5.74) is 0.0131. The predicted molar refractivity (Wildman–Crippen MR) is 88.2 cm³/mol. The van der Waals surface area contributed by atoms with Crippen LogP contribution >= 0.6 is 11.8 Å². The monoisotopic (exact) mass is 345 g/mol. The molecule has 0 bridgehead atoms. The van der Waals surface area contributed by atoms with E-state index in [-0.39, 0.29) is 23.8 Å². The van der Waals surface area contributed by atoms with Gasteiger partial charge in [-0.25, -0.2) is 0 Å². The molecule has 0 saturated heterocycles. The van der Waals surface area contributed by atoms with E-state index < -0.39 is 4.92 Å². The Morgan fingerprint density at radius 2 is 2.08 bits per heavy atom. The van der Waals surface area contributed by atoms with E-state index in [1.165, 1.54) is 30.2 Å². The molecule has 7 nitrogen and oxygen atoms in total. The van der Waals surface area contributed by atoms with Crippen LogP contribution in [-0.2, 0) is 11.3 Å². The fraction of sp³-hybridized carbons (Fsp3) is 0.250. The average molecular weight is 345 g/mol. The molecule has 0 aliphatic carbocycles. The van der Waals surface area contributed by atoms with Crippen LogP contribution in [0.5, 0.6) is 0 Å². The van der Waals surface area contributed by atoms with Gasteiger partial charge in [0.05, 0.1) is 36.0 Å². The summed E-state index contributed by atoms with van der Waals surface area (Å²) < 4.78 is 5.25. The quantitative estimate of drug-likeness (QED) is 0.414. The molecule has 0 aliphatic heterocycles. The largest absolute Gasteiger partial charge is 0.467 e. The van der Waals surface area contributed by atoms with Gasteiger partial charge in [-0.3, -0.25) is 14.9 Å². The number of carbonyl (C=O) groups excluding carboxylic acids is 1. The molecule has 0 atom stereocenters. The molecule has 24 heavy (non-hydrogen) atoms. The lowest BCUT2D eigenvalue weighted by molar-refractivity contribution is -0.384. The standard InChI is InChI=1S/C16H15N3O4S/c17-8-2-9-18(11-14-3-1-10-23-14)16(20)12-24-15-6-4-13(5-7-15)19(21)22/h1,3-7,10H,2,9,11-12H2. The van der Waals surface area contributed by atoms with E-state index >= 15 is 0 Å². The van der Waals surface area contributed by atoms with E-state index in [1.807, 2.05) is 6.07 Å². The highest BCUT2D eigenvalue weighted by molar-refractivity contribution is 8.00. The molecule has 0 fully saturated rings. The minimum Gasteiger partial charge on any atom is -0.467 e. The first-order chi connectivity index (χ1) is 11.6. The number of non-ortho nitro benzene ring substituents is 1. The third kappa shape index (κ3) is 5.14. The topological polar surface area (TPSA) is 100 Å². The van der Waals surface area contributed by atoms with Crippen LogP contribution in [0.1, 0.15) is 12.2 Å². The van der Waals surface area contributed by atoms with Gasteiger partial charge < -0.3 is 9.32 Å². The third-order valence-corrected chi connectivity index (χ3v) is 4.18. The highest BCUT2D eigenvalue weighted by atomic mass is 32.2. The number of nitro groups is 1. The zero-order valence-corrected chi connectivity index (χ0v) is 13.6. The summed E-state index contributed by atoms with van der Waals surface area (Å²) in [6, 6.07) is 11.6. The van der Waals surface area contributed by atoms with Crippen LogP contribution in [0, 0.1) is 21.4 Å². The first-order valence-corrected chi connectivity index (χ1v) is 8.13. The second kappa shape index (κ2) is 8.74. The Morgan fingerprint density at radius 1 is 1.33 bits per heavy atom. The lowest BCUT2D eigenvalue weighted by Gasteiger charge is -2.20. The van der Waals surface area contributed by atoms with Gasteiger partial charge in [0.1, 0.15) is 5.76 Å². The molecule has 2 rings (SSSR count). The number of furan rings is 1. The molecular formula is C16H15N3O4S. The number of rotatable bonds is 8. The molecule has 0 N–H and O–H groups in total. The lowest BCUT2D eigenvalue weighted by Crippen LogP contribution is -2.32. The van der Waals surface area contributed by atoms with E-state index in [0.717, 1.165) is 4.90 Å². The number of thioether (sulfide) groups is 1.